The maximum atomic E-state index is 5.73. The van der Waals surface area contributed by atoms with Gasteiger partial charge in [-0.25, -0.2) is 5.43 Å². The number of para-hydroxylation sites is 1. The molecule has 2 aromatic rings. The fourth-order valence-corrected chi connectivity index (χ4v) is 2.83. The minimum absolute atomic E-state index is 0.141. The zero-order valence-electron chi connectivity index (χ0n) is 11.1. The number of aromatic nitrogens is 2. The van der Waals surface area contributed by atoms with E-state index in [1.54, 1.807) is 7.11 Å². The molecule has 2 rings (SSSR count). The van der Waals surface area contributed by atoms with E-state index >= 15 is 0 Å². The molecule has 0 aliphatic rings. The molecule has 5 nitrogen and oxygen atoms in total. The van der Waals surface area contributed by atoms with Gasteiger partial charge in [0.25, 0.3) is 0 Å². The van der Waals surface area contributed by atoms with Gasteiger partial charge in [-0.2, -0.15) is 0 Å². The zero-order chi connectivity index (χ0) is 13.7. The van der Waals surface area contributed by atoms with Crippen LogP contribution in [0.5, 0.6) is 5.75 Å². The summed E-state index contributed by atoms with van der Waals surface area (Å²) in [6.07, 6.45) is 1.93. The minimum atomic E-state index is -0.141. The van der Waals surface area contributed by atoms with Crippen molar-refractivity contribution in [2.75, 3.05) is 7.11 Å². The lowest BCUT2D eigenvalue weighted by atomic mass is 10.0. The summed E-state index contributed by atoms with van der Waals surface area (Å²) in [6, 6.07) is 7.69. The zero-order valence-corrected chi connectivity index (χ0v) is 11.9. The van der Waals surface area contributed by atoms with Gasteiger partial charge in [-0.15, -0.1) is 5.10 Å². The van der Waals surface area contributed by atoms with Crippen LogP contribution in [0.15, 0.2) is 24.3 Å². The molecule has 1 unspecified atom stereocenters. The Labute approximate surface area is 116 Å². The first-order valence-corrected chi connectivity index (χ1v) is 6.99. The predicted octanol–water partition coefficient (Wildman–Crippen LogP) is 2.05. The summed E-state index contributed by atoms with van der Waals surface area (Å²) < 4.78 is 9.44. The molecule has 0 spiro atoms. The van der Waals surface area contributed by atoms with Gasteiger partial charge >= 0.3 is 0 Å². The Bertz CT molecular complexity index is 529. The molecule has 6 heteroatoms. The van der Waals surface area contributed by atoms with E-state index in [0.717, 1.165) is 34.7 Å². The fraction of sp³-hybridized carbons (Fsp3) is 0.385. The van der Waals surface area contributed by atoms with Crippen molar-refractivity contribution in [1.82, 2.24) is 15.0 Å². The Morgan fingerprint density at radius 1 is 1.42 bits per heavy atom. The number of nitrogens with zero attached hydrogens (tertiary/aromatic N) is 2. The Morgan fingerprint density at radius 3 is 2.89 bits per heavy atom. The molecule has 102 valence electrons. The summed E-state index contributed by atoms with van der Waals surface area (Å²) in [5.74, 6) is 6.54. The first kappa shape index (κ1) is 13.9. The highest BCUT2D eigenvalue weighted by Gasteiger charge is 2.22. The maximum absolute atomic E-state index is 5.73. The van der Waals surface area contributed by atoms with Crippen LogP contribution in [-0.2, 0) is 6.42 Å². The molecule has 1 atom stereocenters. The highest BCUT2D eigenvalue weighted by molar-refractivity contribution is 7.05. The normalized spacial score (nSPS) is 12.4. The largest absolute Gasteiger partial charge is 0.496 e. The number of benzene rings is 1. The summed E-state index contributed by atoms with van der Waals surface area (Å²) in [4.78, 5) is 1.05. The van der Waals surface area contributed by atoms with E-state index < -0.39 is 0 Å². The van der Waals surface area contributed by atoms with Crippen molar-refractivity contribution >= 4 is 11.5 Å². The topological polar surface area (TPSA) is 73.1 Å². The van der Waals surface area contributed by atoms with Crippen molar-refractivity contribution in [3.8, 4) is 5.75 Å². The number of aryl methyl sites for hydroxylation is 1. The average molecular weight is 278 g/mol. The Balaban J connectivity index is 2.41. The summed E-state index contributed by atoms with van der Waals surface area (Å²) in [5.41, 5.74) is 4.84. The van der Waals surface area contributed by atoms with E-state index in [4.69, 9.17) is 10.6 Å². The van der Waals surface area contributed by atoms with Crippen LogP contribution in [-0.4, -0.2) is 16.7 Å². The Hall–Kier alpha value is -1.50. The van der Waals surface area contributed by atoms with E-state index in [0.29, 0.717) is 0 Å². The van der Waals surface area contributed by atoms with Crippen molar-refractivity contribution in [2.24, 2.45) is 5.84 Å². The van der Waals surface area contributed by atoms with Gasteiger partial charge in [0, 0.05) is 5.56 Å². The van der Waals surface area contributed by atoms with E-state index in [9.17, 15) is 0 Å². The molecular weight excluding hydrogens is 260 g/mol. The van der Waals surface area contributed by atoms with E-state index in [-0.39, 0.29) is 6.04 Å². The molecule has 0 amide bonds. The third-order valence-electron chi connectivity index (χ3n) is 2.95. The van der Waals surface area contributed by atoms with Gasteiger partial charge < -0.3 is 4.74 Å². The summed E-state index contributed by atoms with van der Waals surface area (Å²) in [7, 11) is 1.66. The number of hydrogen-bond donors (Lipinski definition) is 2. The second-order valence-corrected chi connectivity index (χ2v) is 4.96. The predicted molar refractivity (Wildman–Crippen MR) is 76.1 cm³/mol. The summed E-state index contributed by atoms with van der Waals surface area (Å²) >= 11 is 1.38. The molecule has 0 fully saturated rings. The molecule has 1 aromatic carbocycles. The van der Waals surface area contributed by atoms with Crippen LogP contribution in [0.25, 0.3) is 0 Å². The van der Waals surface area contributed by atoms with Gasteiger partial charge in [-0.1, -0.05) is 36.0 Å². The SMILES string of the molecule is CCCc1nnsc1C(NN)c1ccccc1OC. The number of hydrogen-bond acceptors (Lipinski definition) is 6. The summed E-state index contributed by atoms with van der Waals surface area (Å²) in [6.45, 7) is 2.12. The van der Waals surface area contributed by atoms with Gasteiger partial charge in [0.2, 0.25) is 0 Å². The second kappa shape index (κ2) is 6.60. The quantitative estimate of drug-likeness (QED) is 0.625. The molecule has 1 heterocycles. The first-order chi connectivity index (χ1) is 9.31. The molecule has 19 heavy (non-hydrogen) atoms. The second-order valence-electron chi connectivity index (χ2n) is 4.18. The molecule has 0 radical (unpaired) electrons. The molecule has 0 aliphatic carbocycles. The molecule has 0 aliphatic heterocycles. The molecule has 3 N–H and O–H groups in total. The van der Waals surface area contributed by atoms with Gasteiger partial charge in [0.15, 0.2) is 0 Å². The number of ether oxygens (including phenoxy) is 1. The van der Waals surface area contributed by atoms with Crippen molar-refractivity contribution < 1.29 is 4.74 Å². The Morgan fingerprint density at radius 2 is 2.21 bits per heavy atom. The number of nitrogens with two attached hydrogens (primary N) is 1. The number of rotatable bonds is 6. The number of nitrogens with one attached hydrogen (secondary N) is 1. The smallest absolute Gasteiger partial charge is 0.124 e. The Kier molecular flexibility index (Phi) is 4.84. The molecule has 1 aromatic heterocycles. The lowest BCUT2D eigenvalue weighted by Gasteiger charge is -2.18. The van der Waals surface area contributed by atoms with Crippen LogP contribution in [0.2, 0.25) is 0 Å². The fourth-order valence-electron chi connectivity index (χ4n) is 2.06. The van der Waals surface area contributed by atoms with Crippen LogP contribution in [0.1, 0.15) is 35.5 Å². The third-order valence-corrected chi connectivity index (χ3v) is 3.78. The molecular formula is C13H18N4OS. The van der Waals surface area contributed by atoms with Gasteiger partial charge in [0.1, 0.15) is 5.75 Å². The minimum Gasteiger partial charge on any atom is -0.496 e. The first-order valence-electron chi connectivity index (χ1n) is 6.22. The molecule has 0 saturated heterocycles. The lowest BCUT2D eigenvalue weighted by Crippen LogP contribution is -2.29. The molecule has 0 bridgehead atoms. The maximum Gasteiger partial charge on any atom is 0.124 e. The van der Waals surface area contributed by atoms with Gasteiger partial charge in [-0.05, 0) is 24.0 Å². The van der Waals surface area contributed by atoms with Crippen LogP contribution in [0.3, 0.4) is 0 Å². The monoisotopic (exact) mass is 278 g/mol. The van der Waals surface area contributed by atoms with Gasteiger partial charge in [0.05, 0.1) is 23.7 Å². The highest BCUT2D eigenvalue weighted by Crippen LogP contribution is 2.32. The van der Waals surface area contributed by atoms with Crippen molar-refractivity contribution in [1.29, 1.82) is 0 Å². The van der Waals surface area contributed by atoms with E-state index in [1.165, 1.54) is 11.5 Å². The lowest BCUT2D eigenvalue weighted by molar-refractivity contribution is 0.404. The third kappa shape index (κ3) is 2.91. The standard InChI is InChI=1S/C13H18N4OS/c1-3-6-10-13(19-17-16-10)12(15-14)9-7-4-5-8-11(9)18-2/h4-5,7-8,12,15H,3,6,14H2,1-2H3. The number of methoxy groups -OCH3 is 1. The number of hydrazine groups is 1. The molecule has 0 saturated carbocycles. The average Bonchev–Trinajstić information content (AvgIpc) is 2.89. The van der Waals surface area contributed by atoms with Crippen LogP contribution >= 0.6 is 11.5 Å². The van der Waals surface area contributed by atoms with Crippen LogP contribution in [0.4, 0.5) is 0 Å². The van der Waals surface area contributed by atoms with Crippen molar-refractivity contribution in [3.63, 3.8) is 0 Å². The van der Waals surface area contributed by atoms with Crippen LogP contribution < -0.4 is 16.0 Å². The van der Waals surface area contributed by atoms with Crippen LogP contribution in [0, 0.1) is 0 Å². The highest BCUT2D eigenvalue weighted by atomic mass is 32.1. The van der Waals surface area contributed by atoms with Gasteiger partial charge in [-0.3, -0.25) is 5.84 Å². The van der Waals surface area contributed by atoms with E-state index in [1.807, 2.05) is 24.3 Å². The van der Waals surface area contributed by atoms with Crippen molar-refractivity contribution in [3.05, 3.63) is 40.4 Å². The van der Waals surface area contributed by atoms with Crippen molar-refractivity contribution in [2.45, 2.75) is 25.8 Å². The van der Waals surface area contributed by atoms with E-state index in [2.05, 4.69) is 21.9 Å². The summed E-state index contributed by atoms with van der Waals surface area (Å²) in [5, 5.41) is 4.19.